The van der Waals surface area contributed by atoms with E-state index in [4.69, 9.17) is 5.73 Å². The molecular formula is C13H18N2. The zero-order valence-corrected chi connectivity index (χ0v) is 9.38. The molecular weight excluding hydrogens is 184 g/mol. The van der Waals surface area contributed by atoms with Gasteiger partial charge in [-0.2, -0.15) is 0 Å². The number of hydrogen-bond acceptors (Lipinski definition) is 1. The van der Waals surface area contributed by atoms with Gasteiger partial charge < -0.3 is 10.7 Å². The van der Waals surface area contributed by atoms with Crippen molar-refractivity contribution in [1.29, 1.82) is 0 Å². The molecule has 2 heteroatoms. The Hall–Kier alpha value is -1.28. The van der Waals surface area contributed by atoms with E-state index in [2.05, 4.69) is 43.2 Å². The number of hydrogen-bond donors (Lipinski definition) is 2. The van der Waals surface area contributed by atoms with Crippen LogP contribution in [0.15, 0.2) is 30.5 Å². The van der Waals surface area contributed by atoms with Crippen LogP contribution >= 0.6 is 0 Å². The van der Waals surface area contributed by atoms with Crippen LogP contribution in [0.25, 0.3) is 10.9 Å². The third-order valence-corrected chi connectivity index (χ3v) is 3.08. The molecule has 2 rings (SSSR count). The van der Waals surface area contributed by atoms with E-state index in [1.165, 1.54) is 16.5 Å². The summed E-state index contributed by atoms with van der Waals surface area (Å²) in [4.78, 5) is 3.28. The number of nitrogens with one attached hydrogen (secondary N) is 1. The lowest BCUT2D eigenvalue weighted by atomic mass is 9.91. The summed E-state index contributed by atoms with van der Waals surface area (Å²) < 4.78 is 0. The van der Waals surface area contributed by atoms with Crippen LogP contribution in [0.5, 0.6) is 0 Å². The van der Waals surface area contributed by atoms with Gasteiger partial charge in [-0.05, 0) is 31.4 Å². The zero-order chi connectivity index (χ0) is 10.9. The molecule has 1 aromatic heterocycles. The fraction of sp³-hybridized carbons (Fsp3) is 0.385. The Morgan fingerprint density at radius 2 is 2.07 bits per heavy atom. The van der Waals surface area contributed by atoms with Crippen LogP contribution in [-0.2, 0) is 6.42 Å². The van der Waals surface area contributed by atoms with Crippen LogP contribution in [0.1, 0.15) is 25.8 Å². The van der Waals surface area contributed by atoms with Gasteiger partial charge in [-0.3, -0.25) is 0 Å². The smallest absolute Gasteiger partial charge is 0.0456 e. The highest BCUT2D eigenvalue weighted by Gasteiger charge is 2.17. The van der Waals surface area contributed by atoms with Crippen molar-refractivity contribution >= 4 is 10.9 Å². The molecule has 0 fully saturated rings. The van der Waals surface area contributed by atoms with E-state index >= 15 is 0 Å². The second kappa shape index (κ2) is 3.70. The lowest BCUT2D eigenvalue weighted by Gasteiger charge is -2.22. The van der Waals surface area contributed by atoms with Gasteiger partial charge in [0.25, 0.3) is 0 Å². The fourth-order valence-electron chi connectivity index (χ4n) is 1.84. The largest absolute Gasteiger partial charge is 0.361 e. The monoisotopic (exact) mass is 202 g/mol. The highest BCUT2D eigenvalue weighted by atomic mass is 14.7. The SMILES string of the molecule is CC[C@](C)(N)Cc1c[nH]c2ccccc12. The minimum atomic E-state index is -0.106. The van der Waals surface area contributed by atoms with E-state index in [1.807, 2.05) is 6.07 Å². The molecule has 0 unspecified atom stereocenters. The summed E-state index contributed by atoms with van der Waals surface area (Å²) in [7, 11) is 0. The van der Waals surface area contributed by atoms with E-state index in [9.17, 15) is 0 Å². The predicted octanol–water partition coefficient (Wildman–Crippen LogP) is 2.84. The zero-order valence-electron chi connectivity index (χ0n) is 9.38. The molecule has 0 bridgehead atoms. The maximum atomic E-state index is 6.18. The Bertz CT molecular complexity index is 454. The van der Waals surface area contributed by atoms with Gasteiger partial charge in [0.05, 0.1) is 0 Å². The number of H-pyrrole nitrogens is 1. The van der Waals surface area contributed by atoms with Gasteiger partial charge in [0.15, 0.2) is 0 Å². The summed E-state index contributed by atoms with van der Waals surface area (Å²) >= 11 is 0. The first-order chi connectivity index (χ1) is 7.12. The van der Waals surface area contributed by atoms with Gasteiger partial charge in [-0.1, -0.05) is 25.1 Å². The van der Waals surface area contributed by atoms with E-state index in [-0.39, 0.29) is 5.54 Å². The minimum absolute atomic E-state index is 0.106. The second-order valence-electron chi connectivity index (χ2n) is 4.54. The molecule has 0 saturated carbocycles. The highest BCUT2D eigenvalue weighted by molar-refractivity contribution is 5.83. The lowest BCUT2D eigenvalue weighted by Crippen LogP contribution is -2.37. The van der Waals surface area contributed by atoms with Gasteiger partial charge in [0, 0.05) is 22.6 Å². The summed E-state index contributed by atoms with van der Waals surface area (Å²) in [6, 6.07) is 8.36. The molecule has 3 N–H and O–H groups in total. The molecule has 80 valence electrons. The van der Waals surface area contributed by atoms with Crippen molar-refractivity contribution in [1.82, 2.24) is 4.98 Å². The lowest BCUT2D eigenvalue weighted by molar-refractivity contribution is 0.451. The Balaban J connectivity index is 2.37. The maximum absolute atomic E-state index is 6.18. The predicted molar refractivity (Wildman–Crippen MR) is 64.9 cm³/mol. The summed E-state index contributed by atoms with van der Waals surface area (Å²) in [5, 5.41) is 1.29. The van der Waals surface area contributed by atoms with E-state index in [0.717, 1.165) is 12.8 Å². The quantitative estimate of drug-likeness (QED) is 0.789. The van der Waals surface area contributed by atoms with Crippen LogP contribution < -0.4 is 5.73 Å². The van der Waals surface area contributed by atoms with Crippen molar-refractivity contribution in [2.75, 3.05) is 0 Å². The van der Waals surface area contributed by atoms with Crippen LogP contribution in [-0.4, -0.2) is 10.5 Å². The Kier molecular flexibility index (Phi) is 2.53. The number of fused-ring (bicyclic) bond motifs is 1. The number of aromatic amines is 1. The van der Waals surface area contributed by atoms with E-state index in [0.29, 0.717) is 0 Å². The van der Waals surface area contributed by atoms with Gasteiger partial charge in [-0.25, -0.2) is 0 Å². The van der Waals surface area contributed by atoms with Gasteiger partial charge in [0.1, 0.15) is 0 Å². The summed E-state index contributed by atoms with van der Waals surface area (Å²) in [5.41, 5.74) is 8.59. The fourth-order valence-corrected chi connectivity index (χ4v) is 1.84. The second-order valence-corrected chi connectivity index (χ2v) is 4.54. The van der Waals surface area contributed by atoms with Crippen LogP contribution in [0.3, 0.4) is 0 Å². The number of nitrogens with two attached hydrogens (primary N) is 1. The number of benzene rings is 1. The summed E-state index contributed by atoms with van der Waals surface area (Å²) in [5.74, 6) is 0. The van der Waals surface area contributed by atoms with Crippen LogP contribution in [0, 0.1) is 0 Å². The number of aromatic nitrogens is 1. The highest BCUT2D eigenvalue weighted by Crippen LogP contribution is 2.22. The van der Waals surface area contributed by atoms with E-state index in [1.54, 1.807) is 0 Å². The maximum Gasteiger partial charge on any atom is 0.0456 e. The average molecular weight is 202 g/mol. The molecule has 0 radical (unpaired) electrons. The first-order valence-electron chi connectivity index (χ1n) is 5.46. The van der Waals surface area contributed by atoms with Gasteiger partial charge >= 0.3 is 0 Å². The molecule has 0 aliphatic carbocycles. The third kappa shape index (κ3) is 2.05. The summed E-state index contributed by atoms with van der Waals surface area (Å²) in [6.45, 7) is 4.24. The molecule has 2 nitrogen and oxygen atoms in total. The average Bonchev–Trinajstić information content (AvgIpc) is 2.62. The summed E-state index contributed by atoms with van der Waals surface area (Å²) in [6.07, 6.45) is 3.99. The topological polar surface area (TPSA) is 41.8 Å². The third-order valence-electron chi connectivity index (χ3n) is 3.08. The Morgan fingerprint density at radius 1 is 1.33 bits per heavy atom. The number of rotatable bonds is 3. The molecule has 0 spiro atoms. The molecule has 0 saturated heterocycles. The normalized spacial score (nSPS) is 15.4. The molecule has 15 heavy (non-hydrogen) atoms. The van der Waals surface area contributed by atoms with Crippen molar-refractivity contribution in [3.8, 4) is 0 Å². The Morgan fingerprint density at radius 3 is 2.80 bits per heavy atom. The molecule has 1 heterocycles. The van der Waals surface area contributed by atoms with Crippen LogP contribution in [0.4, 0.5) is 0 Å². The van der Waals surface area contributed by atoms with E-state index < -0.39 is 0 Å². The van der Waals surface area contributed by atoms with Crippen LogP contribution in [0.2, 0.25) is 0 Å². The molecule has 1 aromatic carbocycles. The molecule has 2 aromatic rings. The first-order valence-corrected chi connectivity index (χ1v) is 5.46. The van der Waals surface area contributed by atoms with Crippen molar-refractivity contribution in [3.05, 3.63) is 36.0 Å². The molecule has 1 atom stereocenters. The van der Waals surface area contributed by atoms with Gasteiger partial charge in [-0.15, -0.1) is 0 Å². The standard InChI is InChI=1S/C13H18N2/c1-3-13(2,14)8-10-9-15-12-7-5-4-6-11(10)12/h4-7,9,15H,3,8,14H2,1-2H3/t13-/m0/s1. The number of para-hydroxylation sites is 1. The molecule has 0 aliphatic rings. The van der Waals surface area contributed by atoms with Crippen molar-refractivity contribution in [2.45, 2.75) is 32.2 Å². The molecule has 0 aliphatic heterocycles. The van der Waals surface area contributed by atoms with Crippen molar-refractivity contribution in [2.24, 2.45) is 5.73 Å². The van der Waals surface area contributed by atoms with Gasteiger partial charge in [0.2, 0.25) is 0 Å². The first kappa shape index (κ1) is 10.2. The molecule has 0 amide bonds. The minimum Gasteiger partial charge on any atom is -0.361 e. The Labute approximate surface area is 90.5 Å². The van der Waals surface area contributed by atoms with Crippen molar-refractivity contribution in [3.63, 3.8) is 0 Å². The van der Waals surface area contributed by atoms with Crippen molar-refractivity contribution < 1.29 is 0 Å².